The van der Waals surface area contributed by atoms with Gasteiger partial charge in [-0.2, -0.15) is 0 Å². The van der Waals surface area contributed by atoms with Crippen molar-refractivity contribution in [2.24, 2.45) is 0 Å². The minimum Gasteiger partial charge on any atom is -0.478 e. The van der Waals surface area contributed by atoms with Crippen molar-refractivity contribution in [1.82, 2.24) is 5.32 Å². The Hall–Kier alpha value is -2.33. The van der Waals surface area contributed by atoms with Crippen LogP contribution in [0.25, 0.3) is 0 Å². The summed E-state index contributed by atoms with van der Waals surface area (Å²) in [7, 11) is 1.81. The van der Waals surface area contributed by atoms with Crippen LogP contribution in [0.1, 0.15) is 10.4 Å². The summed E-state index contributed by atoms with van der Waals surface area (Å²) >= 11 is 0. The Balaban J connectivity index is 1.99. The maximum atomic E-state index is 12.0. The van der Waals surface area contributed by atoms with E-state index < -0.39 is 0 Å². The van der Waals surface area contributed by atoms with Crippen molar-refractivity contribution < 1.29 is 9.53 Å². The van der Waals surface area contributed by atoms with Crippen molar-refractivity contribution in [2.45, 2.75) is 0 Å². The van der Waals surface area contributed by atoms with E-state index in [2.05, 4.69) is 10.6 Å². The molecule has 1 amide bonds. The smallest absolute Gasteiger partial charge is 0.255 e. The van der Waals surface area contributed by atoms with Crippen LogP contribution in [-0.2, 0) is 0 Å². The standard InChI is InChI=1S/C15H16N2O2/c1-16-11-19-14-9-7-12(8-10-14)15(18)17-13-5-3-2-4-6-13/h2-10,16H,11H2,1H3,(H,17,18). The first kappa shape index (κ1) is 13.1. The van der Waals surface area contributed by atoms with Crippen LogP contribution in [0.3, 0.4) is 0 Å². The minimum atomic E-state index is -0.133. The normalized spacial score (nSPS) is 9.95. The molecule has 0 aromatic heterocycles. The van der Waals surface area contributed by atoms with Gasteiger partial charge >= 0.3 is 0 Å². The quantitative estimate of drug-likeness (QED) is 0.808. The lowest BCUT2D eigenvalue weighted by molar-refractivity contribution is 0.102. The topological polar surface area (TPSA) is 50.4 Å². The lowest BCUT2D eigenvalue weighted by Gasteiger charge is -2.07. The molecule has 0 radical (unpaired) electrons. The van der Waals surface area contributed by atoms with Crippen molar-refractivity contribution >= 4 is 11.6 Å². The van der Waals surface area contributed by atoms with Crippen LogP contribution in [0.2, 0.25) is 0 Å². The zero-order valence-electron chi connectivity index (χ0n) is 10.7. The fraction of sp³-hybridized carbons (Fsp3) is 0.133. The highest BCUT2D eigenvalue weighted by atomic mass is 16.5. The summed E-state index contributed by atoms with van der Waals surface area (Å²) in [6.45, 7) is 0.440. The van der Waals surface area contributed by atoms with Crippen molar-refractivity contribution in [2.75, 3.05) is 19.1 Å². The van der Waals surface area contributed by atoms with E-state index in [0.29, 0.717) is 12.3 Å². The third kappa shape index (κ3) is 3.82. The van der Waals surface area contributed by atoms with Crippen LogP contribution >= 0.6 is 0 Å². The molecule has 0 fully saturated rings. The zero-order chi connectivity index (χ0) is 13.5. The van der Waals surface area contributed by atoms with Gasteiger partial charge in [0, 0.05) is 11.3 Å². The van der Waals surface area contributed by atoms with Gasteiger partial charge in [0.25, 0.3) is 5.91 Å². The lowest BCUT2D eigenvalue weighted by atomic mass is 10.2. The predicted octanol–water partition coefficient (Wildman–Crippen LogP) is 2.49. The molecule has 0 saturated carbocycles. The Kier molecular flexibility index (Phi) is 4.53. The first-order chi connectivity index (χ1) is 9.29. The number of carbonyl (C=O) groups is 1. The van der Waals surface area contributed by atoms with Gasteiger partial charge in [0.15, 0.2) is 0 Å². The number of ether oxygens (including phenoxy) is 1. The van der Waals surface area contributed by atoms with Crippen LogP contribution < -0.4 is 15.4 Å². The van der Waals surface area contributed by atoms with Crippen molar-refractivity contribution in [3.05, 3.63) is 60.2 Å². The third-order valence-corrected chi connectivity index (χ3v) is 2.53. The molecule has 98 valence electrons. The molecular formula is C15H16N2O2. The number of carbonyl (C=O) groups excluding carboxylic acids is 1. The second-order valence-corrected chi connectivity index (χ2v) is 3.99. The number of hydrogen-bond acceptors (Lipinski definition) is 3. The molecular weight excluding hydrogens is 240 g/mol. The van der Waals surface area contributed by atoms with Gasteiger partial charge in [-0.25, -0.2) is 0 Å². The number of anilines is 1. The van der Waals surface area contributed by atoms with E-state index in [4.69, 9.17) is 4.74 Å². The summed E-state index contributed by atoms with van der Waals surface area (Å²) in [6, 6.07) is 16.4. The molecule has 0 heterocycles. The number of para-hydroxylation sites is 1. The molecule has 2 aromatic rings. The van der Waals surface area contributed by atoms with Gasteiger partial charge in [0.1, 0.15) is 12.5 Å². The van der Waals surface area contributed by atoms with E-state index in [1.165, 1.54) is 0 Å². The Morgan fingerprint density at radius 1 is 1.05 bits per heavy atom. The van der Waals surface area contributed by atoms with Crippen molar-refractivity contribution in [3.63, 3.8) is 0 Å². The highest BCUT2D eigenvalue weighted by Gasteiger charge is 2.05. The highest BCUT2D eigenvalue weighted by Crippen LogP contribution is 2.13. The van der Waals surface area contributed by atoms with Crippen LogP contribution in [0.15, 0.2) is 54.6 Å². The number of amides is 1. The van der Waals surface area contributed by atoms with Crippen LogP contribution in [0.4, 0.5) is 5.69 Å². The monoisotopic (exact) mass is 256 g/mol. The lowest BCUT2D eigenvalue weighted by Crippen LogP contribution is -2.14. The van der Waals surface area contributed by atoms with Gasteiger partial charge < -0.3 is 10.1 Å². The van der Waals surface area contributed by atoms with Gasteiger partial charge in [0.05, 0.1) is 0 Å². The average Bonchev–Trinajstić information content (AvgIpc) is 2.46. The maximum Gasteiger partial charge on any atom is 0.255 e. The third-order valence-electron chi connectivity index (χ3n) is 2.53. The molecule has 0 aliphatic carbocycles. The Morgan fingerprint density at radius 3 is 2.37 bits per heavy atom. The molecule has 19 heavy (non-hydrogen) atoms. The van der Waals surface area contributed by atoms with Gasteiger partial charge in [-0.05, 0) is 43.4 Å². The largest absolute Gasteiger partial charge is 0.478 e. The number of rotatable bonds is 5. The Morgan fingerprint density at radius 2 is 1.74 bits per heavy atom. The molecule has 2 N–H and O–H groups in total. The summed E-state index contributed by atoms with van der Waals surface area (Å²) in [5.41, 5.74) is 1.38. The van der Waals surface area contributed by atoms with Gasteiger partial charge in [-0.1, -0.05) is 18.2 Å². The van der Waals surface area contributed by atoms with Crippen LogP contribution in [0, 0.1) is 0 Å². The second-order valence-electron chi connectivity index (χ2n) is 3.99. The average molecular weight is 256 g/mol. The summed E-state index contributed by atoms with van der Waals surface area (Å²) in [6.07, 6.45) is 0. The zero-order valence-corrected chi connectivity index (χ0v) is 10.7. The SMILES string of the molecule is CNCOc1ccc(C(=O)Nc2ccccc2)cc1. The summed E-state index contributed by atoms with van der Waals surface area (Å²) in [5.74, 6) is 0.594. The van der Waals surface area contributed by atoms with Crippen molar-refractivity contribution in [3.8, 4) is 5.75 Å². The molecule has 0 bridgehead atoms. The maximum absolute atomic E-state index is 12.0. The van der Waals surface area contributed by atoms with Gasteiger partial charge in [0.2, 0.25) is 0 Å². The van der Waals surface area contributed by atoms with Crippen LogP contribution in [-0.4, -0.2) is 19.7 Å². The van der Waals surface area contributed by atoms with E-state index in [0.717, 1.165) is 11.4 Å². The molecule has 4 nitrogen and oxygen atoms in total. The Labute approximate surface area is 112 Å². The second kappa shape index (κ2) is 6.56. The summed E-state index contributed by atoms with van der Waals surface area (Å²) in [4.78, 5) is 12.0. The fourth-order valence-electron chi connectivity index (χ4n) is 1.58. The van der Waals surface area contributed by atoms with Gasteiger partial charge in [-0.15, -0.1) is 0 Å². The van der Waals surface area contributed by atoms with Gasteiger partial charge in [-0.3, -0.25) is 10.1 Å². The fourth-order valence-corrected chi connectivity index (χ4v) is 1.58. The predicted molar refractivity (Wildman–Crippen MR) is 75.4 cm³/mol. The number of hydrogen-bond donors (Lipinski definition) is 2. The summed E-state index contributed by atoms with van der Waals surface area (Å²) < 4.78 is 5.37. The molecule has 0 aliphatic rings. The molecule has 4 heteroatoms. The summed E-state index contributed by atoms with van der Waals surface area (Å²) in [5, 5.41) is 5.71. The molecule has 2 rings (SSSR count). The molecule has 2 aromatic carbocycles. The molecule has 0 atom stereocenters. The molecule has 0 spiro atoms. The van der Waals surface area contributed by atoms with Crippen LogP contribution in [0.5, 0.6) is 5.75 Å². The first-order valence-corrected chi connectivity index (χ1v) is 6.03. The van der Waals surface area contributed by atoms with E-state index in [1.807, 2.05) is 37.4 Å². The van der Waals surface area contributed by atoms with Crippen molar-refractivity contribution in [1.29, 1.82) is 0 Å². The Bertz CT molecular complexity index is 524. The molecule has 0 saturated heterocycles. The van der Waals surface area contributed by atoms with E-state index in [1.54, 1.807) is 24.3 Å². The van der Waals surface area contributed by atoms with E-state index >= 15 is 0 Å². The molecule has 0 aliphatic heterocycles. The molecule has 0 unspecified atom stereocenters. The van der Waals surface area contributed by atoms with E-state index in [9.17, 15) is 4.79 Å². The minimum absolute atomic E-state index is 0.133. The highest BCUT2D eigenvalue weighted by molar-refractivity contribution is 6.04. The van der Waals surface area contributed by atoms with E-state index in [-0.39, 0.29) is 5.91 Å². The number of nitrogens with one attached hydrogen (secondary N) is 2. The first-order valence-electron chi connectivity index (χ1n) is 6.03. The number of benzene rings is 2.